The Balaban J connectivity index is 0.00000300. The highest BCUT2D eigenvalue weighted by Gasteiger charge is 2.27. The molecular weight excluding hydrogens is 481 g/mol. The van der Waals surface area contributed by atoms with E-state index in [1.807, 2.05) is 13.1 Å². The summed E-state index contributed by atoms with van der Waals surface area (Å²) >= 11 is 0. The van der Waals surface area contributed by atoms with Crippen LogP contribution >= 0.6 is 24.0 Å². The number of likely N-dealkylation sites (tertiary alicyclic amines) is 1. The number of hydrogen-bond acceptors (Lipinski definition) is 5. The van der Waals surface area contributed by atoms with Crippen LogP contribution in [0, 0.1) is 5.92 Å². The van der Waals surface area contributed by atoms with Gasteiger partial charge in [0.15, 0.2) is 5.96 Å². The van der Waals surface area contributed by atoms with Crippen LogP contribution in [-0.2, 0) is 16.1 Å². The third-order valence-electron chi connectivity index (χ3n) is 5.40. The first-order valence-electron chi connectivity index (χ1n) is 10.6. The summed E-state index contributed by atoms with van der Waals surface area (Å²) in [5.74, 6) is 1.93. The van der Waals surface area contributed by atoms with Crippen molar-refractivity contribution in [3.8, 4) is 0 Å². The minimum absolute atomic E-state index is 0. The van der Waals surface area contributed by atoms with Gasteiger partial charge in [0, 0.05) is 38.9 Å². The average molecular weight is 515 g/mol. The number of ether oxygens (including phenoxy) is 1. The summed E-state index contributed by atoms with van der Waals surface area (Å²) in [5, 5.41) is 3.38. The van der Waals surface area contributed by atoms with Crippen molar-refractivity contribution < 1.29 is 9.53 Å². The fourth-order valence-electron chi connectivity index (χ4n) is 3.82. The van der Waals surface area contributed by atoms with Gasteiger partial charge in [-0.1, -0.05) is 6.07 Å². The summed E-state index contributed by atoms with van der Waals surface area (Å²) in [6, 6.07) is 4.23. The van der Waals surface area contributed by atoms with Crippen LogP contribution in [0.1, 0.15) is 45.1 Å². The molecule has 0 saturated carbocycles. The van der Waals surface area contributed by atoms with Crippen LogP contribution in [0.2, 0.25) is 0 Å². The lowest BCUT2D eigenvalue weighted by Crippen LogP contribution is -2.46. The van der Waals surface area contributed by atoms with E-state index >= 15 is 0 Å². The molecule has 7 nitrogen and oxygen atoms in total. The summed E-state index contributed by atoms with van der Waals surface area (Å²) in [7, 11) is 0. The first-order valence-corrected chi connectivity index (χ1v) is 10.6. The molecule has 1 aromatic rings. The van der Waals surface area contributed by atoms with Crippen molar-refractivity contribution >= 4 is 41.7 Å². The Morgan fingerprint density at radius 1 is 1.21 bits per heavy atom. The SMILES string of the molecule is CCNC(=NCc1ccc(N2CCCC2)nc1)N1CCC(C(=O)OCC)CC1.I. The molecule has 3 heterocycles. The maximum Gasteiger partial charge on any atom is 0.309 e. The second-order valence-corrected chi connectivity index (χ2v) is 7.40. The number of aliphatic imine (C=N–C) groups is 1. The number of carbonyl (C=O) groups is 1. The average Bonchev–Trinajstić information content (AvgIpc) is 3.27. The predicted octanol–water partition coefficient (Wildman–Crippen LogP) is 3.04. The number of pyridine rings is 1. The molecule has 0 radical (unpaired) electrons. The van der Waals surface area contributed by atoms with Crippen LogP contribution in [0.4, 0.5) is 5.82 Å². The second kappa shape index (κ2) is 12.2. The van der Waals surface area contributed by atoms with Crippen LogP contribution in [0.5, 0.6) is 0 Å². The van der Waals surface area contributed by atoms with Crippen molar-refractivity contribution in [2.24, 2.45) is 10.9 Å². The summed E-state index contributed by atoms with van der Waals surface area (Å²) in [6.45, 7) is 9.67. The fourth-order valence-corrected chi connectivity index (χ4v) is 3.82. The number of nitrogens with zero attached hydrogens (tertiary/aromatic N) is 4. The van der Waals surface area contributed by atoms with Crippen LogP contribution in [0.3, 0.4) is 0 Å². The quantitative estimate of drug-likeness (QED) is 0.272. The molecule has 29 heavy (non-hydrogen) atoms. The minimum Gasteiger partial charge on any atom is -0.466 e. The van der Waals surface area contributed by atoms with Crippen molar-refractivity contribution in [2.45, 2.75) is 46.1 Å². The Morgan fingerprint density at radius 2 is 1.93 bits per heavy atom. The van der Waals surface area contributed by atoms with E-state index < -0.39 is 0 Å². The van der Waals surface area contributed by atoms with Crippen molar-refractivity contribution in [1.29, 1.82) is 0 Å². The first-order chi connectivity index (χ1) is 13.7. The zero-order valence-corrected chi connectivity index (χ0v) is 19.9. The molecule has 0 unspecified atom stereocenters. The van der Waals surface area contributed by atoms with Gasteiger partial charge < -0.3 is 19.9 Å². The molecule has 0 amide bonds. The van der Waals surface area contributed by atoms with Crippen molar-refractivity contribution in [3.63, 3.8) is 0 Å². The highest BCUT2D eigenvalue weighted by molar-refractivity contribution is 14.0. The number of halogens is 1. The minimum atomic E-state index is -0.0618. The molecule has 1 aromatic heterocycles. The molecule has 162 valence electrons. The lowest BCUT2D eigenvalue weighted by molar-refractivity contribution is -0.149. The third kappa shape index (κ3) is 6.72. The smallest absolute Gasteiger partial charge is 0.309 e. The van der Waals surface area contributed by atoms with E-state index in [0.29, 0.717) is 13.2 Å². The normalized spacial score (nSPS) is 17.8. The molecule has 2 aliphatic rings. The van der Waals surface area contributed by atoms with Crippen molar-refractivity contribution in [2.75, 3.05) is 44.2 Å². The van der Waals surface area contributed by atoms with E-state index in [1.54, 1.807) is 0 Å². The van der Waals surface area contributed by atoms with Gasteiger partial charge in [0.1, 0.15) is 5.82 Å². The van der Waals surface area contributed by atoms with Crippen molar-refractivity contribution in [3.05, 3.63) is 23.9 Å². The Morgan fingerprint density at radius 3 is 2.52 bits per heavy atom. The molecular formula is C21H34IN5O2. The van der Waals surface area contributed by atoms with Crippen LogP contribution in [0.25, 0.3) is 0 Å². The largest absolute Gasteiger partial charge is 0.466 e. The lowest BCUT2D eigenvalue weighted by Gasteiger charge is -2.33. The maximum absolute atomic E-state index is 11.9. The highest BCUT2D eigenvalue weighted by atomic mass is 127. The summed E-state index contributed by atoms with van der Waals surface area (Å²) in [6.07, 6.45) is 6.08. The Bertz CT molecular complexity index is 654. The van der Waals surface area contributed by atoms with Gasteiger partial charge in [0.2, 0.25) is 0 Å². The molecule has 8 heteroatoms. The van der Waals surface area contributed by atoms with E-state index in [1.165, 1.54) is 12.8 Å². The Hall–Kier alpha value is -1.58. The highest BCUT2D eigenvalue weighted by Crippen LogP contribution is 2.20. The number of nitrogens with one attached hydrogen (secondary N) is 1. The van der Waals surface area contributed by atoms with Crippen LogP contribution in [-0.4, -0.2) is 61.1 Å². The number of carbonyl (C=O) groups excluding carboxylic acids is 1. The molecule has 0 aliphatic carbocycles. The summed E-state index contributed by atoms with van der Waals surface area (Å²) < 4.78 is 5.16. The van der Waals surface area contributed by atoms with Crippen LogP contribution < -0.4 is 10.2 Å². The van der Waals surface area contributed by atoms with Gasteiger partial charge in [-0.05, 0) is 51.2 Å². The van der Waals surface area contributed by atoms with Gasteiger partial charge in [-0.15, -0.1) is 24.0 Å². The van der Waals surface area contributed by atoms with E-state index in [9.17, 15) is 4.79 Å². The number of guanidine groups is 1. The van der Waals surface area contributed by atoms with Gasteiger partial charge >= 0.3 is 5.97 Å². The number of aromatic nitrogens is 1. The monoisotopic (exact) mass is 515 g/mol. The van der Waals surface area contributed by atoms with Gasteiger partial charge in [0.25, 0.3) is 0 Å². The number of rotatable bonds is 6. The molecule has 0 bridgehead atoms. The van der Waals surface area contributed by atoms with E-state index in [4.69, 9.17) is 9.73 Å². The Labute approximate surface area is 191 Å². The molecule has 3 rings (SSSR count). The standard InChI is InChI=1S/C21H33N5O2.HI/c1-3-22-21(26-13-9-18(10-14-26)20(27)28-4-2)24-16-17-7-8-19(23-15-17)25-11-5-6-12-25;/h7-8,15,18H,3-6,9-14,16H2,1-2H3,(H,22,24);1H. The number of piperidine rings is 1. The fraction of sp³-hybridized carbons (Fsp3) is 0.667. The van der Waals surface area contributed by atoms with Gasteiger partial charge in [-0.3, -0.25) is 4.79 Å². The van der Waals surface area contributed by atoms with E-state index in [0.717, 1.165) is 62.9 Å². The van der Waals surface area contributed by atoms with E-state index in [-0.39, 0.29) is 35.9 Å². The molecule has 0 spiro atoms. The second-order valence-electron chi connectivity index (χ2n) is 7.40. The number of anilines is 1. The van der Waals surface area contributed by atoms with Gasteiger partial charge in [0.05, 0.1) is 19.1 Å². The van der Waals surface area contributed by atoms with Gasteiger partial charge in [-0.2, -0.15) is 0 Å². The topological polar surface area (TPSA) is 70.1 Å². The molecule has 2 saturated heterocycles. The molecule has 2 fully saturated rings. The van der Waals surface area contributed by atoms with Gasteiger partial charge in [-0.25, -0.2) is 9.98 Å². The first kappa shape index (κ1) is 23.7. The predicted molar refractivity (Wildman–Crippen MR) is 127 cm³/mol. The van der Waals surface area contributed by atoms with E-state index in [2.05, 4.69) is 39.2 Å². The summed E-state index contributed by atoms with van der Waals surface area (Å²) in [4.78, 5) is 25.9. The van der Waals surface area contributed by atoms with Crippen molar-refractivity contribution in [1.82, 2.24) is 15.2 Å². The lowest BCUT2D eigenvalue weighted by atomic mass is 9.97. The van der Waals surface area contributed by atoms with Crippen LogP contribution in [0.15, 0.2) is 23.3 Å². The molecule has 0 aromatic carbocycles. The maximum atomic E-state index is 11.9. The molecule has 1 N–H and O–H groups in total. The number of hydrogen-bond donors (Lipinski definition) is 1. The zero-order valence-electron chi connectivity index (χ0n) is 17.6. The molecule has 0 atom stereocenters. The zero-order chi connectivity index (χ0) is 19.8. The number of esters is 1. The Kier molecular flexibility index (Phi) is 9.96. The molecule has 2 aliphatic heterocycles. The summed E-state index contributed by atoms with van der Waals surface area (Å²) in [5.41, 5.74) is 1.11. The third-order valence-corrected chi connectivity index (χ3v) is 5.40.